The highest BCUT2D eigenvalue weighted by molar-refractivity contribution is 8.00. The molecule has 0 aromatic rings. The quantitative estimate of drug-likeness (QED) is 0.792. The standard InChI is InChI=1S/C12H24N2S/c1-4-11(2)9-14(8-7-13-11)10-12(15-3)5-6-12/h13H,4-10H2,1-3H3. The molecule has 2 fully saturated rings. The Morgan fingerprint density at radius 3 is 2.67 bits per heavy atom. The van der Waals surface area contributed by atoms with Gasteiger partial charge in [0, 0.05) is 36.5 Å². The molecule has 1 atom stereocenters. The summed E-state index contributed by atoms with van der Waals surface area (Å²) in [6, 6.07) is 0. The summed E-state index contributed by atoms with van der Waals surface area (Å²) in [4.78, 5) is 2.67. The molecule has 1 heterocycles. The second-order valence-electron chi connectivity index (χ2n) is 5.44. The molecule has 0 radical (unpaired) electrons. The average Bonchev–Trinajstić information content (AvgIpc) is 2.99. The first-order chi connectivity index (χ1) is 7.11. The van der Waals surface area contributed by atoms with Gasteiger partial charge >= 0.3 is 0 Å². The fourth-order valence-corrected chi connectivity index (χ4v) is 3.31. The molecule has 2 aliphatic rings. The van der Waals surface area contributed by atoms with Crippen LogP contribution >= 0.6 is 11.8 Å². The van der Waals surface area contributed by atoms with Gasteiger partial charge in [-0.05, 0) is 32.4 Å². The number of hydrogen-bond donors (Lipinski definition) is 1. The van der Waals surface area contributed by atoms with Crippen LogP contribution in [-0.2, 0) is 0 Å². The molecule has 2 rings (SSSR count). The lowest BCUT2D eigenvalue weighted by Gasteiger charge is -2.42. The van der Waals surface area contributed by atoms with Crippen LogP contribution in [0.3, 0.4) is 0 Å². The normalized spacial score (nSPS) is 35.4. The van der Waals surface area contributed by atoms with Crippen molar-refractivity contribution in [3.05, 3.63) is 0 Å². The van der Waals surface area contributed by atoms with Crippen molar-refractivity contribution in [2.75, 3.05) is 32.4 Å². The van der Waals surface area contributed by atoms with Gasteiger partial charge < -0.3 is 5.32 Å². The monoisotopic (exact) mass is 228 g/mol. The minimum atomic E-state index is 0.354. The van der Waals surface area contributed by atoms with E-state index in [2.05, 4.69) is 42.1 Å². The van der Waals surface area contributed by atoms with Gasteiger partial charge in [0.25, 0.3) is 0 Å². The van der Waals surface area contributed by atoms with Gasteiger partial charge in [-0.3, -0.25) is 4.90 Å². The first kappa shape index (κ1) is 11.7. The van der Waals surface area contributed by atoms with Crippen molar-refractivity contribution in [1.82, 2.24) is 10.2 Å². The van der Waals surface area contributed by atoms with Crippen LogP contribution in [0.1, 0.15) is 33.1 Å². The smallest absolute Gasteiger partial charge is 0.0285 e. The molecule has 0 aromatic heterocycles. The number of thioether (sulfide) groups is 1. The molecule has 0 aromatic carbocycles. The Bertz CT molecular complexity index is 226. The van der Waals surface area contributed by atoms with Gasteiger partial charge in [0.2, 0.25) is 0 Å². The van der Waals surface area contributed by atoms with Crippen molar-refractivity contribution in [1.29, 1.82) is 0 Å². The van der Waals surface area contributed by atoms with E-state index in [4.69, 9.17) is 0 Å². The molecule has 1 saturated carbocycles. The Kier molecular flexibility index (Phi) is 3.34. The molecule has 2 nitrogen and oxygen atoms in total. The molecule has 1 unspecified atom stereocenters. The van der Waals surface area contributed by atoms with E-state index in [0.29, 0.717) is 10.3 Å². The lowest BCUT2D eigenvalue weighted by atomic mass is 9.96. The van der Waals surface area contributed by atoms with Crippen molar-refractivity contribution in [3.63, 3.8) is 0 Å². The number of rotatable bonds is 4. The van der Waals surface area contributed by atoms with Gasteiger partial charge in [-0.2, -0.15) is 11.8 Å². The fourth-order valence-electron chi connectivity index (χ4n) is 2.49. The molecule has 1 aliphatic heterocycles. The minimum absolute atomic E-state index is 0.354. The minimum Gasteiger partial charge on any atom is -0.309 e. The van der Waals surface area contributed by atoms with E-state index in [0.717, 1.165) is 6.54 Å². The molecule has 88 valence electrons. The number of nitrogens with one attached hydrogen (secondary N) is 1. The summed E-state index contributed by atoms with van der Waals surface area (Å²) >= 11 is 2.08. The van der Waals surface area contributed by atoms with E-state index in [1.807, 2.05) is 0 Å². The van der Waals surface area contributed by atoms with Gasteiger partial charge in [-0.25, -0.2) is 0 Å². The van der Waals surface area contributed by atoms with Crippen molar-refractivity contribution in [2.24, 2.45) is 0 Å². The zero-order valence-electron chi connectivity index (χ0n) is 10.3. The summed E-state index contributed by atoms with van der Waals surface area (Å²) in [5.41, 5.74) is 0.354. The van der Waals surface area contributed by atoms with E-state index < -0.39 is 0 Å². The van der Waals surface area contributed by atoms with Gasteiger partial charge in [0.1, 0.15) is 0 Å². The van der Waals surface area contributed by atoms with E-state index in [9.17, 15) is 0 Å². The lowest BCUT2D eigenvalue weighted by Crippen LogP contribution is -2.59. The largest absolute Gasteiger partial charge is 0.309 e. The molecule has 0 amide bonds. The van der Waals surface area contributed by atoms with Gasteiger partial charge in [-0.15, -0.1) is 0 Å². The van der Waals surface area contributed by atoms with Crippen molar-refractivity contribution < 1.29 is 0 Å². The van der Waals surface area contributed by atoms with Crippen LogP contribution in [0, 0.1) is 0 Å². The number of nitrogens with zero attached hydrogens (tertiary/aromatic N) is 1. The van der Waals surface area contributed by atoms with Crippen LogP contribution < -0.4 is 5.32 Å². The van der Waals surface area contributed by atoms with E-state index in [-0.39, 0.29) is 0 Å². The average molecular weight is 228 g/mol. The van der Waals surface area contributed by atoms with Crippen LogP contribution in [0.15, 0.2) is 0 Å². The zero-order chi connectivity index (χ0) is 10.9. The zero-order valence-corrected chi connectivity index (χ0v) is 11.1. The maximum atomic E-state index is 3.65. The van der Waals surface area contributed by atoms with Crippen molar-refractivity contribution in [2.45, 2.75) is 43.4 Å². The molecule has 1 N–H and O–H groups in total. The van der Waals surface area contributed by atoms with Gasteiger partial charge in [-0.1, -0.05) is 6.92 Å². The molecular formula is C12H24N2S. The summed E-state index contributed by atoms with van der Waals surface area (Å²) in [6.07, 6.45) is 6.37. The van der Waals surface area contributed by atoms with Crippen molar-refractivity contribution in [3.8, 4) is 0 Å². The van der Waals surface area contributed by atoms with Gasteiger partial charge in [0.15, 0.2) is 0 Å². The first-order valence-corrected chi connectivity index (χ1v) is 7.36. The Morgan fingerprint density at radius 1 is 1.40 bits per heavy atom. The molecular weight excluding hydrogens is 204 g/mol. The van der Waals surface area contributed by atoms with E-state index in [1.54, 1.807) is 0 Å². The van der Waals surface area contributed by atoms with E-state index >= 15 is 0 Å². The predicted octanol–water partition coefficient (Wildman–Crippen LogP) is 1.96. The molecule has 1 saturated heterocycles. The highest BCUT2D eigenvalue weighted by Crippen LogP contribution is 2.47. The summed E-state index contributed by atoms with van der Waals surface area (Å²) in [7, 11) is 0. The Morgan fingerprint density at radius 2 is 2.13 bits per heavy atom. The van der Waals surface area contributed by atoms with Crippen LogP contribution in [0.4, 0.5) is 0 Å². The highest BCUT2D eigenvalue weighted by Gasteiger charge is 2.44. The second kappa shape index (κ2) is 4.27. The third-order valence-corrected chi connectivity index (χ3v) is 5.49. The van der Waals surface area contributed by atoms with E-state index in [1.165, 1.54) is 38.9 Å². The third-order valence-electron chi connectivity index (χ3n) is 4.09. The third kappa shape index (κ3) is 2.69. The number of piperazine rings is 1. The van der Waals surface area contributed by atoms with Crippen LogP contribution in [0.25, 0.3) is 0 Å². The summed E-state index contributed by atoms with van der Waals surface area (Å²) < 4.78 is 0.631. The summed E-state index contributed by atoms with van der Waals surface area (Å²) in [5, 5.41) is 3.65. The van der Waals surface area contributed by atoms with Crippen molar-refractivity contribution >= 4 is 11.8 Å². The first-order valence-electron chi connectivity index (χ1n) is 6.14. The summed E-state index contributed by atoms with van der Waals surface area (Å²) in [6.45, 7) is 9.58. The summed E-state index contributed by atoms with van der Waals surface area (Å²) in [5.74, 6) is 0. The highest BCUT2D eigenvalue weighted by atomic mass is 32.2. The molecule has 0 bridgehead atoms. The Labute approximate surface area is 98.2 Å². The second-order valence-corrected chi connectivity index (χ2v) is 6.71. The van der Waals surface area contributed by atoms with Crippen LogP contribution in [0.2, 0.25) is 0 Å². The van der Waals surface area contributed by atoms with Crippen LogP contribution in [-0.4, -0.2) is 47.6 Å². The molecule has 0 spiro atoms. The Balaban J connectivity index is 1.88. The lowest BCUT2D eigenvalue weighted by molar-refractivity contribution is 0.138. The fraction of sp³-hybridized carbons (Fsp3) is 1.00. The topological polar surface area (TPSA) is 15.3 Å². The van der Waals surface area contributed by atoms with Gasteiger partial charge in [0.05, 0.1) is 0 Å². The maximum Gasteiger partial charge on any atom is 0.0285 e. The molecule has 15 heavy (non-hydrogen) atoms. The SMILES string of the molecule is CCC1(C)CN(CC2(SC)CC2)CCN1. The number of hydrogen-bond acceptors (Lipinski definition) is 3. The molecule has 3 heteroatoms. The maximum absolute atomic E-state index is 3.65. The predicted molar refractivity (Wildman–Crippen MR) is 68.6 cm³/mol. The van der Waals surface area contributed by atoms with Crippen LogP contribution in [0.5, 0.6) is 0 Å². The molecule has 1 aliphatic carbocycles. The Hall–Kier alpha value is 0.270.